The molecule has 2 N–H and O–H groups in total. The number of terminal acetylenes is 1. The first-order chi connectivity index (χ1) is 22.9. The van der Waals surface area contributed by atoms with Gasteiger partial charge in [-0.3, -0.25) is 14.4 Å². The quantitative estimate of drug-likeness (QED) is 0.0906. The Labute approximate surface area is 272 Å². The summed E-state index contributed by atoms with van der Waals surface area (Å²) in [4.78, 5) is 48.7. The Balaban J connectivity index is 1.05. The van der Waals surface area contributed by atoms with E-state index in [4.69, 9.17) is 30.5 Å². The molecule has 47 heavy (non-hydrogen) atoms. The summed E-state index contributed by atoms with van der Waals surface area (Å²) >= 11 is 0. The molecule has 4 aromatic rings. The molecule has 10 heteroatoms. The summed E-state index contributed by atoms with van der Waals surface area (Å²) in [5.74, 6) is 1.85. The summed E-state index contributed by atoms with van der Waals surface area (Å²) in [5, 5.41) is 11.8. The summed E-state index contributed by atoms with van der Waals surface area (Å²) in [5.41, 5.74) is 2.30. The molecule has 240 valence electrons. The lowest BCUT2D eigenvalue weighted by molar-refractivity contribution is 0.0370. The number of ketones is 2. The Kier molecular flexibility index (Phi) is 12.8. The first kappa shape index (κ1) is 34.1. The van der Waals surface area contributed by atoms with Crippen molar-refractivity contribution in [2.45, 2.75) is 0 Å². The predicted molar refractivity (Wildman–Crippen MR) is 173 cm³/mol. The molecule has 0 aliphatic carbocycles. The van der Waals surface area contributed by atoms with Crippen LogP contribution in [0.5, 0.6) is 11.5 Å². The van der Waals surface area contributed by atoms with Gasteiger partial charge in [-0.25, -0.2) is 4.79 Å². The predicted octanol–water partition coefficient (Wildman–Crippen LogP) is 4.70. The molecule has 1 amide bonds. The molecular weight excluding hydrogens is 602 g/mol. The lowest BCUT2D eigenvalue weighted by Crippen LogP contribution is -2.27. The van der Waals surface area contributed by atoms with E-state index in [0.717, 1.165) is 0 Å². The highest BCUT2D eigenvalue weighted by molar-refractivity contribution is 6.10. The maximum Gasteiger partial charge on any atom is 0.335 e. The molecule has 0 spiro atoms. The molecule has 0 atom stereocenters. The fraction of sp³-hybridized carbons (Fsp3) is 0.189. The van der Waals surface area contributed by atoms with Crippen LogP contribution in [0.25, 0.3) is 0 Å². The molecule has 0 unspecified atom stereocenters. The van der Waals surface area contributed by atoms with Crippen LogP contribution in [0, 0.1) is 12.3 Å². The van der Waals surface area contributed by atoms with Gasteiger partial charge in [0.2, 0.25) is 0 Å². The third-order valence-corrected chi connectivity index (χ3v) is 6.76. The van der Waals surface area contributed by atoms with E-state index < -0.39 is 5.97 Å². The molecule has 0 fully saturated rings. The van der Waals surface area contributed by atoms with E-state index in [9.17, 15) is 19.2 Å². The van der Waals surface area contributed by atoms with E-state index in [0.29, 0.717) is 78.9 Å². The van der Waals surface area contributed by atoms with Gasteiger partial charge in [0.1, 0.15) is 24.7 Å². The van der Waals surface area contributed by atoms with Gasteiger partial charge in [-0.15, -0.1) is 6.42 Å². The second-order valence-electron chi connectivity index (χ2n) is 9.99. The highest BCUT2D eigenvalue weighted by atomic mass is 16.5. The number of carboxylic acid groups (broad SMARTS) is 1. The van der Waals surface area contributed by atoms with Crippen molar-refractivity contribution < 1.29 is 43.2 Å². The molecule has 4 aromatic carbocycles. The Morgan fingerprint density at radius 3 is 1.45 bits per heavy atom. The van der Waals surface area contributed by atoms with Gasteiger partial charge in [0, 0.05) is 34.4 Å². The van der Waals surface area contributed by atoms with E-state index in [1.807, 2.05) is 0 Å². The lowest BCUT2D eigenvalue weighted by Gasteiger charge is -2.09. The van der Waals surface area contributed by atoms with Crippen molar-refractivity contribution >= 4 is 23.4 Å². The van der Waals surface area contributed by atoms with Gasteiger partial charge in [0.05, 0.1) is 32.0 Å². The summed E-state index contributed by atoms with van der Waals surface area (Å²) in [7, 11) is 0. The Hall–Kier alpha value is -5.76. The second-order valence-corrected chi connectivity index (χ2v) is 9.99. The first-order valence-electron chi connectivity index (χ1n) is 14.7. The van der Waals surface area contributed by atoms with Crippen LogP contribution in [0.2, 0.25) is 0 Å². The normalized spacial score (nSPS) is 10.4. The molecule has 10 nitrogen and oxygen atoms in total. The molecule has 4 rings (SSSR count). The standard InChI is InChI=1S/C37H33NO9/c1-2-20-46-32-15-11-28(12-16-32)35(40)29-13-17-33(18-14-29)47-25-24-45-23-22-44-21-19-38-36(41)30-7-3-26(4-8-30)34(39)27-5-9-31(10-6-27)37(42)43/h1,3-18H,19-25H2,(H,38,41)(H,42,43). The molecule has 0 aliphatic heterocycles. The average molecular weight is 636 g/mol. The Bertz CT molecular complexity index is 1690. The fourth-order valence-corrected chi connectivity index (χ4v) is 4.28. The van der Waals surface area contributed by atoms with Gasteiger partial charge in [-0.1, -0.05) is 30.2 Å². The van der Waals surface area contributed by atoms with Crippen molar-refractivity contribution in [2.24, 2.45) is 0 Å². The van der Waals surface area contributed by atoms with Crippen LogP contribution in [0.3, 0.4) is 0 Å². The molecule has 0 saturated heterocycles. The number of hydrogen-bond donors (Lipinski definition) is 2. The van der Waals surface area contributed by atoms with E-state index >= 15 is 0 Å². The molecule has 0 aliphatic rings. The lowest BCUT2D eigenvalue weighted by atomic mass is 10.0. The van der Waals surface area contributed by atoms with Crippen molar-refractivity contribution in [1.29, 1.82) is 0 Å². The van der Waals surface area contributed by atoms with Crippen molar-refractivity contribution in [3.63, 3.8) is 0 Å². The monoisotopic (exact) mass is 635 g/mol. The number of benzene rings is 4. The number of carboxylic acids is 1. The van der Waals surface area contributed by atoms with E-state index in [2.05, 4.69) is 11.2 Å². The van der Waals surface area contributed by atoms with Crippen molar-refractivity contribution in [3.8, 4) is 23.8 Å². The molecule has 0 heterocycles. The van der Waals surface area contributed by atoms with Crippen LogP contribution in [0.15, 0.2) is 97.1 Å². The highest BCUT2D eigenvalue weighted by Crippen LogP contribution is 2.18. The van der Waals surface area contributed by atoms with Gasteiger partial charge in [0.15, 0.2) is 11.6 Å². The zero-order valence-electron chi connectivity index (χ0n) is 25.5. The van der Waals surface area contributed by atoms with Crippen LogP contribution in [-0.2, 0) is 9.47 Å². The van der Waals surface area contributed by atoms with Gasteiger partial charge < -0.3 is 29.4 Å². The largest absolute Gasteiger partial charge is 0.491 e. The number of ether oxygens (including phenoxy) is 4. The highest BCUT2D eigenvalue weighted by Gasteiger charge is 2.13. The smallest absolute Gasteiger partial charge is 0.335 e. The van der Waals surface area contributed by atoms with Crippen LogP contribution >= 0.6 is 0 Å². The minimum atomic E-state index is -1.07. The topological polar surface area (TPSA) is 137 Å². The number of carbonyl (C=O) groups is 4. The number of hydrogen-bond acceptors (Lipinski definition) is 8. The van der Waals surface area contributed by atoms with Crippen LogP contribution in [-0.4, -0.2) is 74.7 Å². The maximum absolute atomic E-state index is 12.7. The average Bonchev–Trinajstić information content (AvgIpc) is 3.11. The molecule has 0 saturated carbocycles. The summed E-state index contributed by atoms with van der Waals surface area (Å²) in [6.45, 7) is 2.12. The van der Waals surface area contributed by atoms with Gasteiger partial charge in [0.25, 0.3) is 5.91 Å². The van der Waals surface area contributed by atoms with Crippen molar-refractivity contribution in [3.05, 3.63) is 130 Å². The van der Waals surface area contributed by atoms with Crippen molar-refractivity contribution in [1.82, 2.24) is 5.32 Å². The maximum atomic E-state index is 12.7. The minimum Gasteiger partial charge on any atom is -0.491 e. The van der Waals surface area contributed by atoms with E-state index in [1.54, 1.807) is 72.8 Å². The summed E-state index contributed by atoms with van der Waals surface area (Å²) in [6.07, 6.45) is 5.19. The minimum absolute atomic E-state index is 0.0958. The number of nitrogens with one attached hydrogen (secondary N) is 1. The molecule has 0 bridgehead atoms. The molecule has 0 radical (unpaired) electrons. The van der Waals surface area contributed by atoms with E-state index in [1.165, 1.54) is 24.3 Å². The number of aromatic carboxylic acids is 1. The van der Waals surface area contributed by atoms with Crippen molar-refractivity contribution in [2.75, 3.05) is 46.2 Å². The SMILES string of the molecule is C#CCOc1ccc(C(=O)c2ccc(OCCOCCOCCNC(=O)c3ccc(C(=O)c4ccc(C(=O)O)cc4)cc3)cc2)cc1. The number of amides is 1. The zero-order valence-corrected chi connectivity index (χ0v) is 25.5. The van der Waals surface area contributed by atoms with E-state index in [-0.39, 0.29) is 29.6 Å². The Morgan fingerprint density at radius 1 is 0.553 bits per heavy atom. The summed E-state index contributed by atoms with van der Waals surface area (Å²) in [6, 6.07) is 25.5. The number of rotatable bonds is 18. The third-order valence-electron chi connectivity index (χ3n) is 6.76. The van der Waals surface area contributed by atoms with Crippen LogP contribution in [0.1, 0.15) is 52.6 Å². The van der Waals surface area contributed by atoms with Gasteiger partial charge in [-0.2, -0.15) is 0 Å². The second kappa shape index (κ2) is 17.7. The third kappa shape index (κ3) is 10.4. The van der Waals surface area contributed by atoms with Gasteiger partial charge in [-0.05, 0) is 72.8 Å². The first-order valence-corrected chi connectivity index (χ1v) is 14.7. The number of carbonyl (C=O) groups excluding carboxylic acids is 3. The molecular formula is C37H33NO9. The van der Waals surface area contributed by atoms with Crippen LogP contribution in [0.4, 0.5) is 0 Å². The van der Waals surface area contributed by atoms with Crippen LogP contribution < -0.4 is 14.8 Å². The Morgan fingerprint density at radius 2 is 0.957 bits per heavy atom. The fourth-order valence-electron chi connectivity index (χ4n) is 4.28. The summed E-state index contributed by atoms with van der Waals surface area (Å²) < 4.78 is 22.0. The molecule has 0 aromatic heterocycles. The van der Waals surface area contributed by atoms with Gasteiger partial charge >= 0.3 is 5.97 Å². The zero-order chi connectivity index (χ0) is 33.4.